The van der Waals surface area contributed by atoms with Crippen LogP contribution >= 0.6 is 47.2 Å². The van der Waals surface area contributed by atoms with Crippen molar-refractivity contribution in [3.8, 4) is 0 Å². The van der Waals surface area contributed by atoms with Crippen molar-refractivity contribution < 1.29 is 9.53 Å². The molecule has 1 aromatic carbocycles. The molecule has 0 aromatic heterocycles. The van der Waals surface area contributed by atoms with Crippen molar-refractivity contribution in [3.05, 3.63) is 38.7 Å². The smallest absolute Gasteiger partial charge is 0.266 e. The Bertz CT molecular complexity index is 706. The number of morpholine rings is 1. The van der Waals surface area contributed by atoms with E-state index in [4.69, 9.17) is 40.2 Å². The molecule has 0 atom stereocenters. The van der Waals surface area contributed by atoms with Crippen LogP contribution in [0, 0.1) is 0 Å². The summed E-state index contributed by atoms with van der Waals surface area (Å²) in [5, 5.41) is 0.964. The Kier molecular flexibility index (Phi) is 6.77. The zero-order chi connectivity index (χ0) is 17.8. The molecule has 0 bridgehead atoms. The van der Waals surface area contributed by atoms with Crippen molar-refractivity contribution in [2.24, 2.45) is 0 Å². The van der Waals surface area contributed by atoms with Gasteiger partial charge in [0.15, 0.2) is 0 Å². The number of hydrogen-bond acceptors (Lipinski definition) is 5. The van der Waals surface area contributed by atoms with Gasteiger partial charge < -0.3 is 4.74 Å². The average Bonchev–Trinajstić information content (AvgIpc) is 2.86. The van der Waals surface area contributed by atoms with Gasteiger partial charge in [0, 0.05) is 26.2 Å². The highest BCUT2D eigenvalue weighted by molar-refractivity contribution is 8.26. The number of benzene rings is 1. The molecule has 4 nitrogen and oxygen atoms in total. The minimum atomic E-state index is -0.0388. The number of thioether (sulfide) groups is 1. The van der Waals surface area contributed by atoms with Crippen LogP contribution in [0.5, 0.6) is 0 Å². The SMILES string of the molecule is O=C1/C(=C\c2ccc(Cl)c(Cl)c2)SC(=S)N1CCCN1CCOCC1. The predicted molar refractivity (Wildman–Crippen MR) is 108 cm³/mol. The third-order valence-electron chi connectivity index (χ3n) is 4.07. The Balaban J connectivity index is 1.59. The lowest BCUT2D eigenvalue weighted by atomic mass is 10.2. The number of halogens is 2. The number of amides is 1. The Hall–Kier alpha value is -0.630. The number of rotatable bonds is 5. The van der Waals surface area contributed by atoms with Gasteiger partial charge in [0.1, 0.15) is 4.32 Å². The van der Waals surface area contributed by atoms with Crippen LogP contribution in [0.4, 0.5) is 0 Å². The fraction of sp³-hybridized carbons (Fsp3) is 0.412. The third-order valence-corrected chi connectivity index (χ3v) is 6.19. The fourth-order valence-electron chi connectivity index (χ4n) is 2.72. The number of ether oxygens (including phenoxy) is 1. The Labute approximate surface area is 167 Å². The molecule has 2 aliphatic heterocycles. The monoisotopic (exact) mass is 416 g/mol. The third kappa shape index (κ3) is 4.96. The number of carbonyl (C=O) groups excluding carboxylic acids is 1. The predicted octanol–water partition coefficient (Wildman–Crippen LogP) is 3.92. The first-order valence-corrected chi connectivity index (χ1v) is 10.0. The van der Waals surface area contributed by atoms with Crippen LogP contribution < -0.4 is 0 Å². The maximum absolute atomic E-state index is 12.6. The molecule has 2 heterocycles. The maximum atomic E-state index is 12.6. The van der Waals surface area contributed by atoms with Crippen LogP contribution in [0.1, 0.15) is 12.0 Å². The summed E-state index contributed by atoms with van der Waals surface area (Å²) in [7, 11) is 0. The molecular formula is C17H18Cl2N2O2S2. The lowest BCUT2D eigenvalue weighted by molar-refractivity contribution is -0.122. The second-order valence-corrected chi connectivity index (χ2v) is 8.30. The van der Waals surface area contributed by atoms with E-state index in [-0.39, 0.29) is 5.91 Å². The molecule has 2 fully saturated rings. The summed E-state index contributed by atoms with van der Waals surface area (Å²) in [6, 6.07) is 5.30. The van der Waals surface area contributed by atoms with Crippen LogP contribution in [0.3, 0.4) is 0 Å². The largest absolute Gasteiger partial charge is 0.379 e. The second kappa shape index (κ2) is 8.84. The lowest BCUT2D eigenvalue weighted by Crippen LogP contribution is -2.38. The molecule has 0 spiro atoms. The van der Waals surface area contributed by atoms with Crippen LogP contribution in [0.15, 0.2) is 23.1 Å². The van der Waals surface area contributed by atoms with Gasteiger partial charge in [-0.05, 0) is 30.2 Å². The first kappa shape index (κ1) is 19.1. The molecule has 1 aromatic rings. The van der Waals surface area contributed by atoms with E-state index in [2.05, 4.69) is 4.90 Å². The summed E-state index contributed by atoms with van der Waals surface area (Å²) < 4.78 is 5.95. The molecule has 0 unspecified atom stereocenters. The fourth-order valence-corrected chi connectivity index (χ4v) is 4.34. The van der Waals surface area contributed by atoms with Crippen molar-refractivity contribution in [2.45, 2.75) is 6.42 Å². The molecule has 0 radical (unpaired) electrons. The Morgan fingerprint density at radius 3 is 2.68 bits per heavy atom. The van der Waals surface area contributed by atoms with Crippen LogP contribution in [0.2, 0.25) is 10.0 Å². The molecular weight excluding hydrogens is 399 g/mol. The minimum absolute atomic E-state index is 0.0388. The van der Waals surface area contributed by atoms with Gasteiger partial charge in [0.25, 0.3) is 5.91 Å². The quantitative estimate of drug-likeness (QED) is 0.536. The van der Waals surface area contributed by atoms with E-state index in [1.165, 1.54) is 11.8 Å². The van der Waals surface area contributed by atoms with Crippen LogP contribution in [-0.2, 0) is 9.53 Å². The molecule has 2 saturated heterocycles. The van der Waals surface area contributed by atoms with Gasteiger partial charge in [-0.3, -0.25) is 14.6 Å². The summed E-state index contributed by atoms with van der Waals surface area (Å²) in [5.74, 6) is -0.0388. The minimum Gasteiger partial charge on any atom is -0.379 e. The van der Waals surface area contributed by atoms with Gasteiger partial charge in [-0.2, -0.15) is 0 Å². The van der Waals surface area contributed by atoms with Gasteiger partial charge in [0.2, 0.25) is 0 Å². The number of hydrogen-bond donors (Lipinski definition) is 0. The topological polar surface area (TPSA) is 32.8 Å². The first-order valence-electron chi connectivity index (χ1n) is 8.05. The summed E-state index contributed by atoms with van der Waals surface area (Å²) in [6.07, 6.45) is 2.70. The van der Waals surface area contributed by atoms with E-state index >= 15 is 0 Å². The summed E-state index contributed by atoms with van der Waals surface area (Å²) in [5.41, 5.74) is 0.836. The lowest BCUT2D eigenvalue weighted by Gasteiger charge is -2.27. The zero-order valence-corrected chi connectivity index (χ0v) is 16.7. The van der Waals surface area contributed by atoms with E-state index in [9.17, 15) is 4.79 Å². The molecule has 1 amide bonds. The molecule has 0 N–H and O–H groups in total. The van der Waals surface area contributed by atoms with Crippen molar-refractivity contribution in [1.29, 1.82) is 0 Å². The van der Waals surface area contributed by atoms with E-state index in [0.29, 0.717) is 25.8 Å². The summed E-state index contributed by atoms with van der Waals surface area (Å²) in [6.45, 7) is 5.07. The van der Waals surface area contributed by atoms with E-state index in [0.717, 1.165) is 44.8 Å². The number of thiocarbonyl (C=S) groups is 1. The van der Waals surface area contributed by atoms with Gasteiger partial charge in [-0.15, -0.1) is 0 Å². The van der Waals surface area contributed by atoms with Crippen LogP contribution in [0.25, 0.3) is 6.08 Å². The number of nitrogens with zero attached hydrogens (tertiary/aromatic N) is 2. The average molecular weight is 417 g/mol. The summed E-state index contributed by atoms with van der Waals surface area (Å²) >= 11 is 18.7. The molecule has 0 saturated carbocycles. The van der Waals surface area contributed by atoms with Crippen LogP contribution in [-0.4, -0.2) is 59.4 Å². The van der Waals surface area contributed by atoms with E-state index in [1.54, 1.807) is 17.0 Å². The standard InChI is InChI=1S/C17H18Cl2N2O2S2/c18-13-3-2-12(10-14(13)19)11-15-16(22)21(17(24)25-15)5-1-4-20-6-8-23-9-7-20/h2-3,10-11H,1,4-9H2/b15-11+. The summed E-state index contributed by atoms with van der Waals surface area (Å²) in [4.78, 5) is 17.3. The highest BCUT2D eigenvalue weighted by Crippen LogP contribution is 2.33. The van der Waals surface area contributed by atoms with E-state index in [1.807, 2.05) is 12.1 Å². The molecule has 8 heteroatoms. The van der Waals surface area contributed by atoms with Crippen molar-refractivity contribution in [3.63, 3.8) is 0 Å². The second-order valence-electron chi connectivity index (χ2n) is 5.81. The maximum Gasteiger partial charge on any atom is 0.266 e. The van der Waals surface area contributed by atoms with E-state index < -0.39 is 0 Å². The Morgan fingerprint density at radius 1 is 1.20 bits per heavy atom. The normalized spacial score (nSPS) is 20.7. The van der Waals surface area contributed by atoms with Gasteiger partial charge in [-0.25, -0.2) is 0 Å². The molecule has 134 valence electrons. The molecule has 0 aliphatic carbocycles. The molecule has 2 aliphatic rings. The van der Waals surface area contributed by atoms with Gasteiger partial charge in [-0.1, -0.05) is 53.2 Å². The number of carbonyl (C=O) groups is 1. The highest BCUT2D eigenvalue weighted by atomic mass is 35.5. The van der Waals surface area contributed by atoms with Crippen molar-refractivity contribution in [1.82, 2.24) is 9.80 Å². The Morgan fingerprint density at radius 2 is 1.96 bits per heavy atom. The molecule has 3 rings (SSSR count). The molecule has 25 heavy (non-hydrogen) atoms. The van der Waals surface area contributed by atoms with Crippen molar-refractivity contribution >= 4 is 63.5 Å². The zero-order valence-electron chi connectivity index (χ0n) is 13.5. The van der Waals surface area contributed by atoms with Gasteiger partial charge >= 0.3 is 0 Å². The first-order chi connectivity index (χ1) is 12.0. The highest BCUT2D eigenvalue weighted by Gasteiger charge is 2.31. The van der Waals surface area contributed by atoms with Gasteiger partial charge in [0.05, 0.1) is 28.2 Å². The van der Waals surface area contributed by atoms with Crippen molar-refractivity contribution in [2.75, 3.05) is 39.4 Å².